The number of carbonyl (C=O) groups excluding carboxylic acids is 1. The van der Waals surface area contributed by atoms with Crippen LogP contribution in [-0.2, 0) is 28.0 Å². The van der Waals surface area contributed by atoms with E-state index in [0.29, 0.717) is 30.4 Å². The van der Waals surface area contributed by atoms with E-state index in [9.17, 15) is 13.2 Å². The Morgan fingerprint density at radius 1 is 0.971 bits per heavy atom. The summed E-state index contributed by atoms with van der Waals surface area (Å²) in [5.41, 5.74) is 1.99. The number of para-hydroxylation sites is 3. The number of fused-ring (bicyclic) bond motifs is 1. The highest BCUT2D eigenvalue weighted by Crippen LogP contribution is 2.21. The normalized spacial score (nSPS) is 11.6. The summed E-state index contributed by atoms with van der Waals surface area (Å²) in [6, 6.07) is 23.3. The fraction of sp³-hybridized carbons (Fsp3) is 0.231. The quantitative estimate of drug-likeness (QED) is 0.357. The first kappa shape index (κ1) is 24.4. The van der Waals surface area contributed by atoms with Gasteiger partial charge in [0.2, 0.25) is 15.9 Å². The van der Waals surface area contributed by atoms with E-state index in [2.05, 4.69) is 10.3 Å². The molecule has 3 aromatic carbocycles. The lowest BCUT2D eigenvalue weighted by Gasteiger charge is -2.19. The van der Waals surface area contributed by atoms with Crippen molar-refractivity contribution in [2.45, 2.75) is 31.9 Å². The molecule has 1 heterocycles. The first-order chi connectivity index (χ1) is 16.9. The maximum Gasteiger partial charge on any atom is 0.244 e. The lowest BCUT2D eigenvalue weighted by molar-refractivity contribution is -0.116. The molecule has 0 fully saturated rings. The molecular weight excluding hydrogens is 464 g/mol. The van der Waals surface area contributed by atoms with E-state index in [-0.39, 0.29) is 24.0 Å². The molecule has 1 amide bonds. The first-order valence-corrected chi connectivity index (χ1v) is 12.9. The van der Waals surface area contributed by atoms with Crippen LogP contribution < -0.4 is 10.1 Å². The van der Waals surface area contributed by atoms with Gasteiger partial charge in [-0.15, -0.1) is 0 Å². The van der Waals surface area contributed by atoms with E-state index >= 15 is 0 Å². The zero-order valence-corrected chi connectivity index (χ0v) is 20.5. The van der Waals surface area contributed by atoms with Crippen molar-refractivity contribution < 1.29 is 17.9 Å². The number of sulfonamides is 1. The van der Waals surface area contributed by atoms with Crippen LogP contribution in [0.4, 0.5) is 5.69 Å². The van der Waals surface area contributed by atoms with Gasteiger partial charge in [-0.05, 0) is 42.5 Å². The number of aromatic nitrogens is 2. The summed E-state index contributed by atoms with van der Waals surface area (Å²) in [5.74, 6) is 1.02. The number of rotatable bonds is 10. The minimum absolute atomic E-state index is 0.00101. The number of ether oxygens (including phenoxy) is 1. The molecule has 0 spiro atoms. The minimum atomic E-state index is -3.63. The van der Waals surface area contributed by atoms with Crippen LogP contribution in [0.2, 0.25) is 0 Å². The third-order valence-corrected chi connectivity index (χ3v) is 7.65. The fourth-order valence-electron chi connectivity index (χ4n) is 3.87. The van der Waals surface area contributed by atoms with Crippen LogP contribution in [0.1, 0.15) is 19.7 Å². The van der Waals surface area contributed by atoms with Crippen molar-refractivity contribution in [2.24, 2.45) is 0 Å². The molecule has 9 heteroatoms. The van der Waals surface area contributed by atoms with Crippen molar-refractivity contribution in [3.05, 3.63) is 84.7 Å². The van der Waals surface area contributed by atoms with Gasteiger partial charge in [-0.1, -0.05) is 50.2 Å². The van der Waals surface area contributed by atoms with Gasteiger partial charge in [-0.25, -0.2) is 13.4 Å². The van der Waals surface area contributed by atoms with Crippen LogP contribution in [0.5, 0.6) is 5.75 Å². The van der Waals surface area contributed by atoms with Gasteiger partial charge in [0.25, 0.3) is 0 Å². The summed E-state index contributed by atoms with van der Waals surface area (Å²) in [5, 5.41) is 2.82. The molecule has 0 atom stereocenters. The van der Waals surface area contributed by atoms with E-state index in [1.807, 2.05) is 59.2 Å². The molecule has 4 rings (SSSR count). The standard InChI is InChI=1S/C26H28N4O4S/c1-3-29(4-2)35(32,33)22-14-10-11-20(17-22)27-26(31)18-30-24-16-9-8-15-23(24)28-25(30)19-34-21-12-6-5-7-13-21/h5-17H,3-4,18-19H2,1-2H3,(H,27,31). The van der Waals surface area contributed by atoms with Gasteiger partial charge in [0, 0.05) is 18.8 Å². The number of benzene rings is 3. The number of nitrogens with one attached hydrogen (secondary N) is 1. The molecule has 0 aliphatic heterocycles. The molecule has 0 radical (unpaired) electrons. The van der Waals surface area contributed by atoms with Gasteiger partial charge in [-0.2, -0.15) is 4.31 Å². The van der Waals surface area contributed by atoms with E-state index in [1.165, 1.54) is 16.4 Å². The molecule has 0 aliphatic carbocycles. The second-order valence-electron chi connectivity index (χ2n) is 7.87. The molecule has 0 unspecified atom stereocenters. The highest BCUT2D eigenvalue weighted by atomic mass is 32.2. The molecule has 0 bridgehead atoms. The number of hydrogen-bond acceptors (Lipinski definition) is 5. The maximum absolute atomic E-state index is 13.0. The minimum Gasteiger partial charge on any atom is -0.486 e. The van der Waals surface area contributed by atoms with Gasteiger partial charge < -0.3 is 14.6 Å². The predicted octanol–water partition coefficient (Wildman–Crippen LogP) is 4.28. The molecule has 8 nitrogen and oxygen atoms in total. The Hall–Kier alpha value is -3.69. The number of anilines is 1. The monoisotopic (exact) mass is 492 g/mol. The molecule has 0 aliphatic rings. The second-order valence-corrected chi connectivity index (χ2v) is 9.81. The highest BCUT2D eigenvalue weighted by Gasteiger charge is 2.22. The highest BCUT2D eigenvalue weighted by molar-refractivity contribution is 7.89. The zero-order chi connectivity index (χ0) is 24.8. The summed E-state index contributed by atoms with van der Waals surface area (Å²) in [4.78, 5) is 17.8. The van der Waals surface area contributed by atoms with Crippen LogP contribution in [0.3, 0.4) is 0 Å². The molecule has 1 aromatic heterocycles. The van der Waals surface area contributed by atoms with Gasteiger partial charge >= 0.3 is 0 Å². The summed E-state index contributed by atoms with van der Waals surface area (Å²) >= 11 is 0. The average molecular weight is 493 g/mol. The van der Waals surface area contributed by atoms with E-state index in [1.54, 1.807) is 26.0 Å². The van der Waals surface area contributed by atoms with Crippen LogP contribution in [0.15, 0.2) is 83.8 Å². The van der Waals surface area contributed by atoms with Gasteiger partial charge in [-0.3, -0.25) is 4.79 Å². The van der Waals surface area contributed by atoms with Crippen LogP contribution in [-0.4, -0.2) is 41.3 Å². The predicted molar refractivity (Wildman–Crippen MR) is 136 cm³/mol. The second kappa shape index (κ2) is 10.7. The summed E-state index contributed by atoms with van der Waals surface area (Å²) in [7, 11) is -3.63. The Balaban J connectivity index is 1.54. The summed E-state index contributed by atoms with van der Waals surface area (Å²) in [6.07, 6.45) is 0. The molecule has 35 heavy (non-hydrogen) atoms. The van der Waals surface area contributed by atoms with Crippen molar-refractivity contribution in [1.82, 2.24) is 13.9 Å². The Kier molecular flexibility index (Phi) is 7.48. The molecule has 182 valence electrons. The molecular formula is C26H28N4O4S. The lowest BCUT2D eigenvalue weighted by atomic mass is 10.3. The fourth-order valence-corrected chi connectivity index (χ4v) is 5.37. The average Bonchev–Trinajstić information content (AvgIpc) is 3.21. The Labute approximate surface area is 205 Å². The smallest absolute Gasteiger partial charge is 0.244 e. The third kappa shape index (κ3) is 5.52. The van der Waals surface area contributed by atoms with Crippen molar-refractivity contribution in [3.8, 4) is 5.75 Å². The molecule has 1 N–H and O–H groups in total. The van der Waals surface area contributed by atoms with Crippen LogP contribution in [0, 0.1) is 0 Å². The SMILES string of the molecule is CCN(CC)S(=O)(=O)c1cccc(NC(=O)Cn2c(COc3ccccc3)nc3ccccc32)c1. The van der Waals surface area contributed by atoms with Crippen LogP contribution >= 0.6 is 0 Å². The van der Waals surface area contributed by atoms with Crippen molar-refractivity contribution in [3.63, 3.8) is 0 Å². The Morgan fingerprint density at radius 3 is 2.43 bits per heavy atom. The van der Waals surface area contributed by atoms with Crippen LogP contribution in [0.25, 0.3) is 11.0 Å². The first-order valence-electron chi connectivity index (χ1n) is 11.4. The Bertz CT molecular complexity index is 1410. The lowest BCUT2D eigenvalue weighted by Crippen LogP contribution is -2.30. The van der Waals surface area contributed by atoms with E-state index in [4.69, 9.17) is 4.74 Å². The molecule has 0 saturated heterocycles. The number of carbonyl (C=O) groups is 1. The van der Waals surface area contributed by atoms with E-state index in [0.717, 1.165) is 11.0 Å². The van der Waals surface area contributed by atoms with Gasteiger partial charge in [0.05, 0.1) is 15.9 Å². The number of nitrogens with zero attached hydrogens (tertiary/aromatic N) is 3. The summed E-state index contributed by atoms with van der Waals surface area (Å²) in [6.45, 7) is 4.53. The van der Waals surface area contributed by atoms with Crippen molar-refractivity contribution >= 4 is 32.7 Å². The Morgan fingerprint density at radius 2 is 1.69 bits per heavy atom. The summed E-state index contributed by atoms with van der Waals surface area (Å²) < 4.78 is 34.8. The third-order valence-electron chi connectivity index (χ3n) is 5.61. The number of imidazole rings is 1. The molecule has 4 aromatic rings. The van der Waals surface area contributed by atoms with Gasteiger partial charge in [0.15, 0.2) is 0 Å². The van der Waals surface area contributed by atoms with Crippen molar-refractivity contribution in [1.29, 1.82) is 0 Å². The number of amides is 1. The zero-order valence-electron chi connectivity index (χ0n) is 19.7. The number of hydrogen-bond donors (Lipinski definition) is 1. The maximum atomic E-state index is 13.0. The van der Waals surface area contributed by atoms with Gasteiger partial charge in [0.1, 0.15) is 24.7 Å². The van der Waals surface area contributed by atoms with E-state index < -0.39 is 10.0 Å². The molecule has 0 saturated carbocycles. The van der Waals surface area contributed by atoms with Crippen molar-refractivity contribution in [2.75, 3.05) is 18.4 Å². The topological polar surface area (TPSA) is 93.5 Å². The largest absolute Gasteiger partial charge is 0.486 e.